The van der Waals surface area contributed by atoms with Gasteiger partial charge in [-0.15, -0.1) is 11.8 Å². The molecule has 4 rings (SSSR count). The molecule has 0 saturated carbocycles. The van der Waals surface area contributed by atoms with Crippen LogP contribution in [0.2, 0.25) is 0 Å². The number of hydrogen-bond donors (Lipinski definition) is 0. The molecule has 28 heavy (non-hydrogen) atoms. The van der Waals surface area contributed by atoms with Gasteiger partial charge in [-0.2, -0.15) is 0 Å². The highest BCUT2D eigenvalue weighted by Gasteiger charge is 2.59. The van der Waals surface area contributed by atoms with E-state index in [1.54, 1.807) is 23.1 Å². The number of anilines is 1. The lowest BCUT2D eigenvalue weighted by Gasteiger charge is -2.32. The molecule has 2 aromatic carbocycles. The van der Waals surface area contributed by atoms with Crippen LogP contribution in [0.15, 0.2) is 36.4 Å². The zero-order valence-electron chi connectivity index (χ0n) is 15.4. The van der Waals surface area contributed by atoms with Crippen molar-refractivity contribution in [3.8, 4) is 5.75 Å². The molecule has 0 bridgehead atoms. The lowest BCUT2D eigenvalue weighted by atomic mass is 10.1. The number of fused-ring (bicyclic) bond motifs is 2. The van der Waals surface area contributed by atoms with Gasteiger partial charge in [-0.25, -0.2) is 8.78 Å². The SMILES string of the molecule is COc1ccc2c(c1)C1(SCCN1C(C)=O)C(=O)N2Cc1ccc(F)c(F)c1. The Morgan fingerprint density at radius 1 is 1.21 bits per heavy atom. The van der Waals surface area contributed by atoms with Crippen molar-refractivity contribution >= 4 is 29.3 Å². The minimum absolute atomic E-state index is 0.0728. The Balaban J connectivity index is 1.82. The maximum atomic E-state index is 13.7. The highest BCUT2D eigenvalue weighted by atomic mass is 32.2. The Hall–Kier alpha value is -2.61. The average Bonchev–Trinajstić information content (AvgIpc) is 3.22. The van der Waals surface area contributed by atoms with Gasteiger partial charge in [0.05, 0.1) is 19.3 Å². The molecule has 2 heterocycles. The molecule has 5 nitrogen and oxygen atoms in total. The van der Waals surface area contributed by atoms with Crippen molar-refractivity contribution in [3.63, 3.8) is 0 Å². The van der Waals surface area contributed by atoms with Gasteiger partial charge in [-0.3, -0.25) is 9.59 Å². The fourth-order valence-electron chi connectivity index (χ4n) is 3.83. The van der Waals surface area contributed by atoms with Gasteiger partial charge in [-0.05, 0) is 35.9 Å². The van der Waals surface area contributed by atoms with E-state index in [0.29, 0.717) is 34.9 Å². The third-order valence-corrected chi connectivity index (χ3v) is 6.52. The van der Waals surface area contributed by atoms with Gasteiger partial charge in [0, 0.05) is 24.8 Å². The molecule has 0 radical (unpaired) electrons. The molecule has 146 valence electrons. The molecule has 8 heteroatoms. The summed E-state index contributed by atoms with van der Waals surface area (Å²) in [5.74, 6) is -1.15. The van der Waals surface area contributed by atoms with Crippen molar-refractivity contribution in [1.82, 2.24) is 4.90 Å². The molecule has 0 aliphatic carbocycles. The molecule has 1 saturated heterocycles. The second kappa shape index (κ2) is 6.77. The second-order valence-electron chi connectivity index (χ2n) is 6.69. The first-order valence-electron chi connectivity index (χ1n) is 8.75. The Labute approximate surface area is 165 Å². The summed E-state index contributed by atoms with van der Waals surface area (Å²) in [5, 5.41) is 0. The number of rotatable bonds is 3. The predicted molar refractivity (Wildman–Crippen MR) is 102 cm³/mol. The van der Waals surface area contributed by atoms with E-state index in [4.69, 9.17) is 4.74 Å². The first kappa shape index (κ1) is 18.7. The maximum Gasteiger partial charge on any atom is 0.268 e. The van der Waals surface area contributed by atoms with Gasteiger partial charge in [0.15, 0.2) is 16.5 Å². The van der Waals surface area contributed by atoms with Gasteiger partial charge in [0.1, 0.15) is 5.75 Å². The van der Waals surface area contributed by atoms with Crippen LogP contribution in [-0.4, -0.2) is 36.1 Å². The quantitative estimate of drug-likeness (QED) is 0.788. The third-order valence-electron chi connectivity index (χ3n) is 5.11. The van der Waals surface area contributed by atoms with Crippen LogP contribution in [0.1, 0.15) is 18.1 Å². The molecule has 2 aliphatic heterocycles. The fraction of sp³-hybridized carbons (Fsp3) is 0.300. The van der Waals surface area contributed by atoms with Crippen LogP contribution in [0, 0.1) is 11.6 Å². The van der Waals surface area contributed by atoms with E-state index in [2.05, 4.69) is 0 Å². The maximum absolute atomic E-state index is 13.7. The number of benzene rings is 2. The van der Waals surface area contributed by atoms with Gasteiger partial charge < -0.3 is 14.5 Å². The molecule has 0 N–H and O–H groups in total. The van der Waals surface area contributed by atoms with Crippen molar-refractivity contribution in [2.24, 2.45) is 0 Å². The summed E-state index contributed by atoms with van der Waals surface area (Å²) in [5.41, 5.74) is 1.77. The molecule has 2 aromatic rings. The Kier molecular flexibility index (Phi) is 4.53. The van der Waals surface area contributed by atoms with E-state index in [1.165, 1.54) is 36.8 Å². The normalized spacial score (nSPS) is 20.8. The van der Waals surface area contributed by atoms with Gasteiger partial charge in [0.2, 0.25) is 5.91 Å². The fourth-order valence-corrected chi connectivity index (χ4v) is 5.33. The number of carbonyl (C=O) groups excluding carboxylic acids is 2. The molecule has 0 aromatic heterocycles. The van der Waals surface area contributed by atoms with E-state index >= 15 is 0 Å². The van der Waals surface area contributed by atoms with Crippen LogP contribution in [0.4, 0.5) is 14.5 Å². The molecular weight excluding hydrogens is 386 g/mol. The molecular formula is C20H18F2N2O3S. The third kappa shape index (κ3) is 2.66. The number of nitrogens with zero attached hydrogens (tertiary/aromatic N) is 2. The lowest BCUT2D eigenvalue weighted by Crippen LogP contribution is -2.49. The summed E-state index contributed by atoms with van der Waals surface area (Å²) in [6.07, 6.45) is 0. The summed E-state index contributed by atoms with van der Waals surface area (Å²) >= 11 is 1.40. The molecule has 2 aliphatic rings. The smallest absolute Gasteiger partial charge is 0.268 e. The first-order chi connectivity index (χ1) is 13.4. The lowest BCUT2D eigenvalue weighted by molar-refractivity contribution is -0.138. The summed E-state index contributed by atoms with van der Waals surface area (Å²) in [6, 6.07) is 8.85. The molecule has 1 fully saturated rings. The van der Waals surface area contributed by atoms with Crippen molar-refractivity contribution < 1.29 is 23.1 Å². The summed E-state index contributed by atoms with van der Waals surface area (Å²) in [7, 11) is 1.54. The van der Waals surface area contributed by atoms with E-state index in [-0.39, 0.29) is 18.4 Å². The Bertz CT molecular complexity index is 984. The summed E-state index contributed by atoms with van der Waals surface area (Å²) in [6.45, 7) is 1.98. The Morgan fingerprint density at radius 2 is 2.00 bits per heavy atom. The number of ether oxygens (including phenoxy) is 1. The van der Waals surface area contributed by atoms with Crippen LogP contribution < -0.4 is 9.64 Å². The highest BCUT2D eigenvalue weighted by molar-refractivity contribution is 8.01. The number of amides is 2. The van der Waals surface area contributed by atoms with E-state index in [0.717, 1.165) is 12.1 Å². The van der Waals surface area contributed by atoms with Crippen LogP contribution in [0.5, 0.6) is 5.75 Å². The average molecular weight is 404 g/mol. The van der Waals surface area contributed by atoms with Crippen molar-refractivity contribution in [1.29, 1.82) is 0 Å². The molecule has 1 atom stereocenters. The number of halogens is 2. The second-order valence-corrected chi connectivity index (χ2v) is 7.97. The van der Waals surface area contributed by atoms with Crippen LogP contribution in [-0.2, 0) is 21.0 Å². The topological polar surface area (TPSA) is 49.9 Å². The number of carbonyl (C=O) groups is 2. The highest BCUT2D eigenvalue weighted by Crippen LogP contribution is 2.55. The standard InChI is InChI=1S/C20H18F2N2O3S/c1-12(25)24-7-8-28-20(24)15-10-14(27-2)4-6-18(15)23(19(20)26)11-13-3-5-16(21)17(22)9-13/h3-6,9-10H,7-8,11H2,1-2H3. The van der Waals surface area contributed by atoms with Crippen molar-refractivity contribution in [2.75, 3.05) is 24.3 Å². The van der Waals surface area contributed by atoms with Gasteiger partial charge in [-0.1, -0.05) is 6.07 Å². The molecule has 1 unspecified atom stereocenters. The molecule has 2 amide bonds. The monoisotopic (exact) mass is 404 g/mol. The minimum atomic E-state index is -1.16. The minimum Gasteiger partial charge on any atom is -0.497 e. The van der Waals surface area contributed by atoms with E-state index < -0.39 is 16.5 Å². The van der Waals surface area contributed by atoms with Crippen LogP contribution in [0.3, 0.4) is 0 Å². The van der Waals surface area contributed by atoms with Crippen LogP contribution >= 0.6 is 11.8 Å². The Morgan fingerprint density at radius 3 is 2.68 bits per heavy atom. The van der Waals surface area contributed by atoms with Gasteiger partial charge in [0.25, 0.3) is 5.91 Å². The summed E-state index contributed by atoms with van der Waals surface area (Å²) in [4.78, 5) is 27.8. The zero-order chi connectivity index (χ0) is 20.1. The first-order valence-corrected chi connectivity index (χ1v) is 9.73. The van der Waals surface area contributed by atoms with Gasteiger partial charge >= 0.3 is 0 Å². The van der Waals surface area contributed by atoms with Crippen LogP contribution in [0.25, 0.3) is 0 Å². The van der Waals surface area contributed by atoms with E-state index in [1.807, 2.05) is 0 Å². The van der Waals surface area contributed by atoms with Crippen molar-refractivity contribution in [3.05, 3.63) is 59.2 Å². The summed E-state index contributed by atoms with van der Waals surface area (Å²) < 4.78 is 32.3. The zero-order valence-corrected chi connectivity index (χ0v) is 16.2. The predicted octanol–water partition coefficient (Wildman–Crippen LogP) is 3.27. The largest absolute Gasteiger partial charge is 0.497 e. The van der Waals surface area contributed by atoms with E-state index in [9.17, 15) is 18.4 Å². The number of thioether (sulfide) groups is 1. The molecule has 1 spiro atoms. The number of hydrogen-bond acceptors (Lipinski definition) is 4. The number of methoxy groups -OCH3 is 1. The van der Waals surface area contributed by atoms with Crippen molar-refractivity contribution in [2.45, 2.75) is 18.3 Å².